The first-order chi connectivity index (χ1) is 9.00. The number of aliphatic hydroxyl groups excluding tert-OH is 1. The minimum Gasteiger partial charge on any atom is -0.508 e. The van der Waals surface area contributed by atoms with Crippen molar-refractivity contribution in [2.45, 2.75) is 38.7 Å². The Morgan fingerprint density at radius 3 is 2.84 bits per heavy atom. The molecule has 1 fully saturated rings. The summed E-state index contributed by atoms with van der Waals surface area (Å²) in [5.74, 6) is 0.641. The molecule has 0 saturated heterocycles. The minimum absolute atomic E-state index is 0.0346. The third-order valence-electron chi connectivity index (χ3n) is 4.99. The van der Waals surface area contributed by atoms with Gasteiger partial charge in [0, 0.05) is 5.41 Å². The van der Waals surface area contributed by atoms with Gasteiger partial charge in [0.25, 0.3) is 0 Å². The molecule has 19 heavy (non-hydrogen) atoms. The first-order valence-electron chi connectivity index (χ1n) is 6.88. The highest BCUT2D eigenvalue weighted by Crippen LogP contribution is 2.52. The summed E-state index contributed by atoms with van der Waals surface area (Å²) in [4.78, 5) is 0. The van der Waals surface area contributed by atoms with Crippen LogP contribution >= 0.6 is 11.6 Å². The number of benzene rings is 1. The molecular weight excluding hydrogens is 260 g/mol. The number of fused-ring (bicyclic) bond motifs is 1. The lowest BCUT2D eigenvalue weighted by Crippen LogP contribution is -2.33. The van der Waals surface area contributed by atoms with E-state index in [1.807, 2.05) is 6.07 Å². The van der Waals surface area contributed by atoms with Crippen LogP contribution in [0.15, 0.2) is 24.3 Å². The van der Waals surface area contributed by atoms with Crippen LogP contribution in [0.3, 0.4) is 0 Å². The molecule has 0 unspecified atom stereocenters. The van der Waals surface area contributed by atoms with Gasteiger partial charge in [-0.15, -0.1) is 0 Å². The SMILES string of the molecule is C[C@]12CCC(c3ccc(O)cc3Cl)=C[C@H]1CC[C@@H]2O. The van der Waals surface area contributed by atoms with E-state index in [-0.39, 0.29) is 17.3 Å². The molecule has 0 aliphatic heterocycles. The standard InChI is InChI=1S/C16H19ClO2/c1-16-7-6-10(8-11(16)2-5-15(16)19)13-4-3-12(18)9-14(13)17/h3-4,8-9,11,15,18-19H,2,5-7H2,1H3/t11-,15+,16+/m1/s1. The molecule has 0 radical (unpaired) electrons. The Morgan fingerprint density at radius 1 is 1.32 bits per heavy atom. The Balaban J connectivity index is 1.96. The molecule has 2 N–H and O–H groups in total. The Kier molecular flexibility index (Phi) is 3.11. The zero-order chi connectivity index (χ0) is 13.6. The van der Waals surface area contributed by atoms with Crippen molar-refractivity contribution in [3.63, 3.8) is 0 Å². The van der Waals surface area contributed by atoms with Crippen LogP contribution in [0.1, 0.15) is 38.2 Å². The van der Waals surface area contributed by atoms with Crippen molar-refractivity contribution in [1.82, 2.24) is 0 Å². The molecule has 0 bridgehead atoms. The summed E-state index contributed by atoms with van der Waals surface area (Å²) in [7, 11) is 0. The van der Waals surface area contributed by atoms with Crippen molar-refractivity contribution in [1.29, 1.82) is 0 Å². The van der Waals surface area contributed by atoms with E-state index in [1.165, 1.54) is 5.57 Å². The second-order valence-electron chi connectivity index (χ2n) is 6.06. The van der Waals surface area contributed by atoms with Crippen LogP contribution in [0.4, 0.5) is 0 Å². The average Bonchev–Trinajstić information content (AvgIpc) is 2.66. The van der Waals surface area contributed by atoms with Crippen molar-refractivity contribution in [3.05, 3.63) is 34.9 Å². The molecule has 2 aliphatic rings. The summed E-state index contributed by atoms with van der Waals surface area (Å²) in [6.45, 7) is 2.20. The van der Waals surface area contributed by atoms with E-state index in [0.717, 1.165) is 31.2 Å². The van der Waals surface area contributed by atoms with Crippen LogP contribution in [0.25, 0.3) is 5.57 Å². The zero-order valence-electron chi connectivity index (χ0n) is 11.1. The van der Waals surface area contributed by atoms with Gasteiger partial charge in [0.1, 0.15) is 5.75 Å². The van der Waals surface area contributed by atoms with E-state index < -0.39 is 0 Å². The lowest BCUT2D eigenvalue weighted by atomic mass is 9.69. The molecular formula is C16H19ClO2. The summed E-state index contributed by atoms with van der Waals surface area (Å²) < 4.78 is 0. The normalized spacial score (nSPS) is 33.9. The number of halogens is 1. The monoisotopic (exact) mass is 278 g/mol. The van der Waals surface area contributed by atoms with E-state index in [0.29, 0.717) is 10.9 Å². The Labute approximate surface area is 118 Å². The second kappa shape index (κ2) is 4.53. The van der Waals surface area contributed by atoms with Gasteiger partial charge in [0.15, 0.2) is 0 Å². The van der Waals surface area contributed by atoms with Crippen molar-refractivity contribution in [3.8, 4) is 5.75 Å². The van der Waals surface area contributed by atoms with E-state index >= 15 is 0 Å². The molecule has 1 aromatic carbocycles. The van der Waals surface area contributed by atoms with Gasteiger partial charge in [-0.3, -0.25) is 0 Å². The maximum atomic E-state index is 10.1. The molecule has 1 aromatic rings. The summed E-state index contributed by atoms with van der Waals surface area (Å²) in [6, 6.07) is 5.16. The Morgan fingerprint density at radius 2 is 2.11 bits per heavy atom. The quantitative estimate of drug-likeness (QED) is 0.815. The molecule has 2 nitrogen and oxygen atoms in total. The lowest BCUT2D eigenvalue weighted by molar-refractivity contribution is 0.0419. The van der Waals surface area contributed by atoms with Gasteiger partial charge in [-0.2, -0.15) is 0 Å². The molecule has 102 valence electrons. The minimum atomic E-state index is -0.175. The van der Waals surface area contributed by atoms with Crippen LogP contribution < -0.4 is 0 Å². The molecule has 0 spiro atoms. The van der Waals surface area contributed by atoms with Gasteiger partial charge in [-0.1, -0.05) is 24.6 Å². The molecule has 0 aromatic heterocycles. The summed E-state index contributed by atoms with van der Waals surface area (Å²) in [5, 5.41) is 20.2. The zero-order valence-corrected chi connectivity index (χ0v) is 11.8. The fourth-order valence-electron chi connectivity index (χ4n) is 3.59. The van der Waals surface area contributed by atoms with Crippen LogP contribution in [0.2, 0.25) is 5.02 Å². The topological polar surface area (TPSA) is 40.5 Å². The van der Waals surface area contributed by atoms with Crippen molar-refractivity contribution in [2.24, 2.45) is 11.3 Å². The van der Waals surface area contributed by atoms with Crippen LogP contribution in [-0.4, -0.2) is 16.3 Å². The number of aromatic hydroxyl groups is 1. The largest absolute Gasteiger partial charge is 0.508 e. The highest BCUT2D eigenvalue weighted by molar-refractivity contribution is 6.32. The third-order valence-corrected chi connectivity index (χ3v) is 5.31. The smallest absolute Gasteiger partial charge is 0.117 e. The van der Waals surface area contributed by atoms with Crippen molar-refractivity contribution < 1.29 is 10.2 Å². The van der Waals surface area contributed by atoms with Gasteiger partial charge in [0.05, 0.1) is 11.1 Å². The van der Waals surface area contributed by atoms with Crippen molar-refractivity contribution in [2.75, 3.05) is 0 Å². The van der Waals surface area contributed by atoms with Gasteiger partial charge >= 0.3 is 0 Å². The third kappa shape index (κ3) is 2.07. The first-order valence-corrected chi connectivity index (χ1v) is 7.26. The highest BCUT2D eigenvalue weighted by atomic mass is 35.5. The molecule has 0 amide bonds. The number of allylic oxidation sites excluding steroid dienone is 2. The molecule has 0 heterocycles. The van der Waals surface area contributed by atoms with Gasteiger partial charge in [-0.05, 0) is 60.9 Å². The van der Waals surface area contributed by atoms with E-state index in [4.69, 9.17) is 11.6 Å². The summed E-state index contributed by atoms with van der Waals surface area (Å²) >= 11 is 6.22. The predicted molar refractivity (Wildman–Crippen MR) is 77.2 cm³/mol. The number of aliphatic hydroxyl groups is 1. The van der Waals surface area contributed by atoms with E-state index in [1.54, 1.807) is 12.1 Å². The number of rotatable bonds is 1. The second-order valence-corrected chi connectivity index (χ2v) is 6.47. The Bertz CT molecular complexity index is 538. The molecule has 3 heteroatoms. The summed E-state index contributed by atoms with van der Waals surface area (Å²) in [5.41, 5.74) is 2.30. The van der Waals surface area contributed by atoms with Crippen LogP contribution in [0, 0.1) is 11.3 Å². The van der Waals surface area contributed by atoms with Gasteiger partial charge in [0.2, 0.25) is 0 Å². The van der Waals surface area contributed by atoms with Crippen LogP contribution in [0.5, 0.6) is 5.75 Å². The van der Waals surface area contributed by atoms with Crippen LogP contribution in [-0.2, 0) is 0 Å². The maximum Gasteiger partial charge on any atom is 0.117 e. The van der Waals surface area contributed by atoms with Crippen molar-refractivity contribution >= 4 is 17.2 Å². The first kappa shape index (κ1) is 13.0. The fraction of sp³-hybridized carbons (Fsp3) is 0.500. The number of phenolic OH excluding ortho intramolecular Hbond substituents is 1. The molecule has 3 atom stereocenters. The number of hydrogen-bond donors (Lipinski definition) is 2. The van der Waals surface area contributed by atoms with E-state index in [9.17, 15) is 10.2 Å². The molecule has 2 aliphatic carbocycles. The highest BCUT2D eigenvalue weighted by Gasteiger charge is 2.46. The summed E-state index contributed by atoms with van der Waals surface area (Å²) in [6.07, 6.45) is 6.00. The average molecular weight is 279 g/mol. The van der Waals surface area contributed by atoms with E-state index in [2.05, 4.69) is 13.0 Å². The number of hydrogen-bond acceptors (Lipinski definition) is 2. The van der Waals surface area contributed by atoms with Gasteiger partial charge < -0.3 is 10.2 Å². The molecule has 3 rings (SSSR count). The van der Waals surface area contributed by atoms with Gasteiger partial charge in [-0.25, -0.2) is 0 Å². The number of phenols is 1. The maximum absolute atomic E-state index is 10.1. The Hall–Kier alpha value is -0.990. The predicted octanol–water partition coefficient (Wildman–Crippen LogP) is 4.00. The molecule has 1 saturated carbocycles. The lowest BCUT2D eigenvalue weighted by Gasteiger charge is -2.37. The fourth-order valence-corrected chi connectivity index (χ4v) is 3.88.